The number of amides is 1. The number of ether oxygens (including phenoxy) is 1. The summed E-state index contributed by atoms with van der Waals surface area (Å²) >= 11 is 3.55. The van der Waals surface area contributed by atoms with E-state index in [0.717, 1.165) is 15.2 Å². The number of likely N-dealkylation sites (N-methyl/N-ethyl adjacent to an activating group) is 1. The van der Waals surface area contributed by atoms with E-state index in [9.17, 15) is 4.79 Å². The lowest BCUT2D eigenvalue weighted by molar-refractivity contribution is -0.132. The first-order chi connectivity index (χ1) is 9.67. The van der Waals surface area contributed by atoms with E-state index in [2.05, 4.69) is 15.9 Å². The second-order valence-corrected chi connectivity index (χ2v) is 5.25. The average molecular weight is 336 g/mol. The molecule has 2 rings (SSSR count). The van der Waals surface area contributed by atoms with Gasteiger partial charge in [0.05, 0.1) is 4.47 Å². The van der Waals surface area contributed by atoms with Crippen molar-refractivity contribution in [2.75, 3.05) is 19.7 Å². The van der Waals surface area contributed by atoms with Crippen LogP contribution < -0.4 is 4.74 Å². The van der Waals surface area contributed by atoms with Crippen LogP contribution in [0.1, 0.15) is 13.8 Å². The third kappa shape index (κ3) is 3.12. The number of carbonyl (C=O) groups is 1. The maximum Gasteiger partial charge on any atom is 0.260 e. The predicted molar refractivity (Wildman–Crippen MR) is 85.1 cm³/mol. The van der Waals surface area contributed by atoms with Gasteiger partial charge in [-0.25, -0.2) is 0 Å². The minimum Gasteiger partial charge on any atom is -0.483 e. The highest BCUT2D eigenvalue weighted by Crippen LogP contribution is 2.32. The fourth-order valence-electron chi connectivity index (χ4n) is 2.13. The molecule has 106 valence electrons. The number of hydrogen-bond acceptors (Lipinski definition) is 2. The molecular formula is C16H18BrNO2. The molecule has 0 aliphatic rings. The Hall–Kier alpha value is -1.55. The molecule has 0 aliphatic carbocycles. The summed E-state index contributed by atoms with van der Waals surface area (Å²) in [6, 6.07) is 11.9. The monoisotopic (exact) mass is 335 g/mol. The zero-order valence-electron chi connectivity index (χ0n) is 11.7. The van der Waals surface area contributed by atoms with E-state index >= 15 is 0 Å². The van der Waals surface area contributed by atoms with Crippen molar-refractivity contribution in [2.24, 2.45) is 0 Å². The first-order valence-corrected chi connectivity index (χ1v) is 7.54. The molecular weight excluding hydrogens is 318 g/mol. The van der Waals surface area contributed by atoms with E-state index in [1.54, 1.807) is 4.90 Å². The molecule has 4 heteroatoms. The zero-order chi connectivity index (χ0) is 14.5. The lowest BCUT2D eigenvalue weighted by atomic mass is 10.1. The third-order valence-electron chi connectivity index (χ3n) is 3.30. The van der Waals surface area contributed by atoms with Gasteiger partial charge in [0.1, 0.15) is 5.75 Å². The number of carbonyl (C=O) groups excluding carboxylic acids is 1. The van der Waals surface area contributed by atoms with E-state index < -0.39 is 0 Å². The van der Waals surface area contributed by atoms with Gasteiger partial charge in [0.25, 0.3) is 5.91 Å². The fraction of sp³-hybridized carbons (Fsp3) is 0.312. The Kier molecular flexibility index (Phi) is 5.01. The highest BCUT2D eigenvalue weighted by atomic mass is 79.9. The van der Waals surface area contributed by atoms with Crippen LogP contribution in [0.15, 0.2) is 40.9 Å². The number of halogens is 1. The van der Waals surface area contributed by atoms with Crippen molar-refractivity contribution in [1.82, 2.24) is 4.90 Å². The summed E-state index contributed by atoms with van der Waals surface area (Å²) in [4.78, 5) is 13.7. The van der Waals surface area contributed by atoms with E-state index in [1.165, 1.54) is 0 Å². The molecule has 3 nitrogen and oxygen atoms in total. The van der Waals surface area contributed by atoms with Crippen LogP contribution in [0.25, 0.3) is 10.8 Å². The van der Waals surface area contributed by atoms with Gasteiger partial charge < -0.3 is 9.64 Å². The molecule has 0 spiro atoms. The summed E-state index contributed by atoms with van der Waals surface area (Å²) in [6.07, 6.45) is 0. The van der Waals surface area contributed by atoms with Gasteiger partial charge in [-0.3, -0.25) is 4.79 Å². The molecule has 1 amide bonds. The molecule has 0 saturated heterocycles. The van der Waals surface area contributed by atoms with Crippen LogP contribution in [-0.4, -0.2) is 30.5 Å². The minimum atomic E-state index is 0.00931. The highest BCUT2D eigenvalue weighted by molar-refractivity contribution is 9.10. The predicted octanol–water partition coefficient (Wildman–Crippen LogP) is 3.85. The maximum atomic E-state index is 11.9. The van der Waals surface area contributed by atoms with Crippen LogP contribution >= 0.6 is 15.9 Å². The van der Waals surface area contributed by atoms with E-state index in [1.807, 2.05) is 50.2 Å². The van der Waals surface area contributed by atoms with Gasteiger partial charge in [0.2, 0.25) is 0 Å². The molecule has 0 bridgehead atoms. The molecule has 0 unspecified atom stereocenters. The van der Waals surface area contributed by atoms with Gasteiger partial charge in [0, 0.05) is 13.1 Å². The van der Waals surface area contributed by atoms with Crippen molar-refractivity contribution < 1.29 is 9.53 Å². The standard InChI is InChI=1S/C16H18BrNO2/c1-3-18(4-2)15(19)11-20-14-10-9-12-7-5-6-8-13(12)16(14)17/h5-10H,3-4,11H2,1-2H3. The summed E-state index contributed by atoms with van der Waals surface area (Å²) in [6.45, 7) is 5.41. The first kappa shape index (κ1) is 14.9. The Morgan fingerprint density at radius 3 is 2.55 bits per heavy atom. The van der Waals surface area contributed by atoms with Crippen LogP contribution in [-0.2, 0) is 4.79 Å². The first-order valence-electron chi connectivity index (χ1n) is 6.75. The molecule has 0 N–H and O–H groups in total. The maximum absolute atomic E-state index is 11.9. The molecule has 0 aromatic heterocycles. The normalized spacial score (nSPS) is 10.6. The number of fused-ring (bicyclic) bond motifs is 1. The molecule has 0 fully saturated rings. The molecule has 0 heterocycles. The SMILES string of the molecule is CCN(CC)C(=O)COc1ccc2ccccc2c1Br. The molecule has 0 atom stereocenters. The summed E-state index contributed by atoms with van der Waals surface area (Å²) in [5.74, 6) is 0.708. The highest BCUT2D eigenvalue weighted by Gasteiger charge is 2.12. The van der Waals surface area contributed by atoms with Gasteiger partial charge >= 0.3 is 0 Å². The Labute approximate surface area is 127 Å². The van der Waals surface area contributed by atoms with Crippen molar-refractivity contribution in [3.8, 4) is 5.75 Å². The number of benzene rings is 2. The Morgan fingerprint density at radius 1 is 1.15 bits per heavy atom. The van der Waals surface area contributed by atoms with Crippen LogP contribution in [0.3, 0.4) is 0 Å². The smallest absolute Gasteiger partial charge is 0.260 e. The van der Waals surface area contributed by atoms with E-state index in [4.69, 9.17) is 4.74 Å². The van der Waals surface area contributed by atoms with Crippen molar-refractivity contribution >= 4 is 32.6 Å². The van der Waals surface area contributed by atoms with E-state index in [0.29, 0.717) is 18.8 Å². The molecule has 2 aromatic rings. The van der Waals surface area contributed by atoms with Crippen LogP contribution in [0.5, 0.6) is 5.75 Å². The van der Waals surface area contributed by atoms with Crippen molar-refractivity contribution in [3.05, 3.63) is 40.9 Å². The minimum absolute atomic E-state index is 0.00931. The topological polar surface area (TPSA) is 29.5 Å². The third-order valence-corrected chi connectivity index (χ3v) is 4.11. The zero-order valence-corrected chi connectivity index (χ0v) is 13.3. The second kappa shape index (κ2) is 6.75. The van der Waals surface area contributed by atoms with Crippen molar-refractivity contribution in [1.29, 1.82) is 0 Å². The Morgan fingerprint density at radius 2 is 1.85 bits per heavy atom. The van der Waals surface area contributed by atoms with Gasteiger partial charge in [-0.1, -0.05) is 30.3 Å². The lowest BCUT2D eigenvalue weighted by Crippen LogP contribution is -2.34. The second-order valence-electron chi connectivity index (χ2n) is 4.45. The summed E-state index contributed by atoms with van der Waals surface area (Å²) < 4.78 is 6.54. The Bertz CT molecular complexity index is 608. The van der Waals surface area contributed by atoms with Crippen LogP contribution in [0, 0.1) is 0 Å². The van der Waals surface area contributed by atoms with Crippen LogP contribution in [0.2, 0.25) is 0 Å². The van der Waals surface area contributed by atoms with Crippen LogP contribution in [0.4, 0.5) is 0 Å². The molecule has 0 radical (unpaired) electrons. The summed E-state index contributed by atoms with van der Waals surface area (Å²) in [5.41, 5.74) is 0. The number of rotatable bonds is 5. The molecule has 20 heavy (non-hydrogen) atoms. The molecule has 2 aromatic carbocycles. The molecule has 0 aliphatic heterocycles. The van der Waals surface area contributed by atoms with Crippen molar-refractivity contribution in [2.45, 2.75) is 13.8 Å². The van der Waals surface area contributed by atoms with Gasteiger partial charge in [0.15, 0.2) is 6.61 Å². The number of nitrogens with zero attached hydrogens (tertiary/aromatic N) is 1. The fourth-order valence-corrected chi connectivity index (χ4v) is 2.74. The van der Waals surface area contributed by atoms with Crippen molar-refractivity contribution in [3.63, 3.8) is 0 Å². The lowest BCUT2D eigenvalue weighted by Gasteiger charge is -2.19. The van der Waals surface area contributed by atoms with Gasteiger partial charge in [-0.2, -0.15) is 0 Å². The number of hydrogen-bond donors (Lipinski definition) is 0. The quantitative estimate of drug-likeness (QED) is 0.830. The van der Waals surface area contributed by atoms with Gasteiger partial charge in [-0.15, -0.1) is 0 Å². The summed E-state index contributed by atoms with van der Waals surface area (Å²) in [5, 5.41) is 2.22. The summed E-state index contributed by atoms with van der Waals surface area (Å²) in [7, 11) is 0. The van der Waals surface area contributed by atoms with E-state index in [-0.39, 0.29) is 12.5 Å². The Balaban J connectivity index is 2.14. The largest absolute Gasteiger partial charge is 0.483 e. The average Bonchev–Trinajstić information content (AvgIpc) is 2.48. The molecule has 0 saturated carbocycles. The van der Waals surface area contributed by atoms with Gasteiger partial charge in [-0.05, 0) is 46.6 Å².